The number of hydrogen-bond acceptors (Lipinski definition) is 10. The van der Waals surface area contributed by atoms with Gasteiger partial charge in [-0.3, -0.25) is 19.0 Å². The molecule has 4 aromatic rings. The molecule has 2 aliphatic heterocycles. The van der Waals surface area contributed by atoms with E-state index in [1.807, 2.05) is 60.7 Å². The summed E-state index contributed by atoms with van der Waals surface area (Å²) in [6.07, 6.45) is 4.42. The molecule has 2 aromatic carbocycles. The van der Waals surface area contributed by atoms with Crippen molar-refractivity contribution in [3.8, 4) is 0 Å². The average Bonchev–Trinajstić information content (AvgIpc) is 3.79. The Hall–Kier alpha value is -5.80. The van der Waals surface area contributed by atoms with Gasteiger partial charge in [0, 0.05) is 52.7 Å². The van der Waals surface area contributed by atoms with E-state index in [-0.39, 0.29) is 33.7 Å². The Morgan fingerprint density at radius 3 is 1.53 bits per heavy atom. The molecule has 0 aliphatic carbocycles. The molecular formula is C35H45N9O7. The van der Waals surface area contributed by atoms with Gasteiger partial charge >= 0.3 is 18.2 Å². The monoisotopic (exact) mass is 703 g/mol. The maximum absolute atomic E-state index is 12.4. The van der Waals surface area contributed by atoms with Crippen LogP contribution in [0.4, 0.5) is 9.59 Å². The highest BCUT2D eigenvalue weighted by Crippen LogP contribution is 2.34. The first-order valence-electron chi connectivity index (χ1n) is 16.2. The molecule has 272 valence electrons. The van der Waals surface area contributed by atoms with Gasteiger partial charge in [-0.2, -0.15) is 0 Å². The van der Waals surface area contributed by atoms with Gasteiger partial charge in [0.25, 0.3) is 0 Å². The molecule has 0 spiro atoms. The Morgan fingerprint density at radius 2 is 1.14 bits per heavy atom. The molecule has 3 N–H and O–H groups in total. The van der Waals surface area contributed by atoms with Crippen LogP contribution in [0, 0.1) is 0 Å². The van der Waals surface area contributed by atoms with Crippen molar-refractivity contribution in [2.24, 2.45) is 19.8 Å². The van der Waals surface area contributed by atoms with Gasteiger partial charge in [0.15, 0.2) is 0 Å². The minimum absolute atomic E-state index is 0. The summed E-state index contributed by atoms with van der Waals surface area (Å²) in [5.74, 6) is -1.51. The van der Waals surface area contributed by atoms with Crippen molar-refractivity contribution in [2.75, 3.05) is 26.2 Å². The predicted molar refractivity (Wildman–Crippen MR) is 184 cm³/mol. The molecule has 2 atom stereocenters. The third-order valence-electron chi connectivity index (χ3n) is 8.98. The zero-order chi connectivity index (χ0) is 35.7. The molecule has 2 aliphatic rings. The summed E-state index contributed by atoms with van der Waals surface area (Å²) >= 11 is 0. The molecule has 2 saturated heterocycles. The number of carboxylic acids is 1. The summed E-state index contributed by atoms with van der Waals surface area (Å²) in [4.78, 5) is 52.0. The standard InChI is InChI=1S/C17H21N5O3.C17H20N4O4.CH4/c1-21-10-14(19-20-21)17(15(18)23)8-5-9-22(12-17)16(24)25-11-13-6-3-2-4-7-13;1-20-10-14(18-19-20)17(15(22)23)8-5-9-21(12-17)16(24)25-11-13-6-3-2-4-7-13;/h2-4,6-7,10H,5,8-9,11-12H2,1H3,(H2,18,23);2-4,6-7,10H,5,8-9,11-12H2,1H3,(H,22,23);1H4. The van der Waals surface area contributed by atoms with Crippen LogP contribution < -0.4 is 5.73 Å². The second-order valence-electron chi connectivity index (χ2n) is 12.5. The van der Waals surface area contributed by atoms with Crippen LogP contribution in [0.2, 0.25) is 0 Å². The highest BCUT2D eigenvalue weighted by Gasteiger charge is 2.48. The number of carbonyl (C=O) groups is 4. The van der Waals surface area contributed by atoms with E-state index < -0.39 is 34.9 Å². The summed E-state index contributed by atoms with van der Waals surface area (Å²) in [6.45, 7) is 1.49. The lowest BCUT2D eigenvalue weighted by molar-refractivity contribution is -0.146. The number of primary amides is 1. The lowest BCUT2D eigenvalue weighted by Gasteiger charge is -2.38. The molecular weight excluding hydrogens is 658 g/mol. The van der Waals surface area contributed by atoms with E-state index in [2.05, 4.69) is 20.6 Å². The minimum atomic E-state index is -1.25. The SMILES string of the molecule is C.Cn1cc(C2(C(=O)O)CCCN(C(=O)OCc3ccccc3)C2)nn1.Cn1cc(C2(C(N)=O)CCCN(C(=O)OCc3ccccc3)C2)nn1. The van der Waals surface area contributed by atoms with Crippen molar-refractivity contribution in [3.05, 3.63) is 95.6 Å². The lowest BCUT2D eigenvalue weighted by Crippen LogP contribution is -2.55. The number of piperidine rings is 2. The molecule has 4 heterocycles. The van der Waals surface area contributed by atoms with Crippen LogP contribution in [0.3, 0.4) is 0 Å². The van der Waals surface area contributed by atoms with Crippen LogP contribution in [-0.4, -0.2) is 95.1 Å². The van der Waals surface area contributed by atoms with Crippen molar-refractivity contribution in [2.45, 2.75) is 57.2 Å². The van der Waals surface area contributed by atoms with Crippen LogP contribution in [0.1, 0.15) is 55.6 Å². The van der Waals surface area contributed by atoms with Crippen molar-refractivity contribution in [3.63, 3.8) is 0 Å². The highest BCUT2D eigenvalue weighted by atomic mass is 16.6. The fourth-order valence-corrected chi connectivity index (χ4v) is 6.21. The molecule has 6 rings (SSSR count). The number of carbonyl (C=O) groups excluding carboxylic acids is 3. The Kier molecular flexibility index (Phi) is 12.5. The zero-order valence-electron chi connectivity index (χ0n) is 28.1. The molecule has 2 aromatic heterocycles. The predicted octanol–water partition coefficient (Wildman–Crippen LogP) is 3.18. The molecule has 0 radical (unpaired) electrons. The number of hydrogen-bond donors (Lipinski definition) is 2. The van der Waals surface area contributed by atoms with Gasteiger partial charge in [0.05, 0.1) is 5.69 Å². The first-order chi connectivity index (χ1) is 24.0. The van der Waals surface area contributed by atoms with Crippen molar-refractivity contribution < 1.29 is 33.8 Å². The second-order valence-corrected chi connectivity index (χ2v) is 12.5. The van der Waals surface area contributed by atoms with E-state index >= 15 is 0 Å². The van der Waals surface area contributed by atoms with Crippen LogP contribution in [-0.2, 0) is 57.2 Å². The largest absolute Gasteiger partial charge is 0.480 e. The van der Waals surface area contributed by atoms with Gasteiger partial charge in [0.1, 0.15) is 29.7 Å². The van der Waals surface area contributed by atoms with Crippen LogP contribution >= 0.6 is 0 Å². The minimum Gasteiger partial charge on any atom is -0.480 e. The van der Waals surface area contributed by atoms with E-state index in [0.717, 1.165) is 11.1 Å². The van der Waals surface area contributed by atoms with Crippen LogP contribution in [0.5, 0.6) is 0 Å². The van der Waals surface area contributed by atoms with Crippen LogP contribution in [0.15, 0.2) is 73.1 Å². The molecule has 2 fully saturated rings. The van der Waals surface area contributed by atoms with Crippen LogP contribution in [0.25, 0.3) is 0 Å². The number of aromatic nitrogens is 6. The molecule has 51 heavy (non-hydrogen) atoms. The molecule has 3 amide bonds. The van der Waals surface area contributed by atoms with E-state index in [4.69, 9.17) is 15.2 Å². The quantitative estimate of drug-likeness (QED) is 0.273. The number of carboxylic acid groups (broad SMARTS) is 1. The fourth-order valence-electron chi connectivity index (χ4n) is 6.21. The van der Waals surface area contributed by atoms with Crippen molar-refractivity contribution >= 4 is 24.1 Å². The number of nitrogens with zero attached hydrogens (tertiary/aromatic N) is 8. The number of aliphatic carboxylic acids is 1. The zero-order valence-corrected chi connectivity index (χ0v) is 28.1. The first-order valence-corrected chi connectivity index (χ1v) is 16.2. The fraction of sp³-hybridized carbons (Fsp3) is 0.429. The number of rotatable bonds is 8. The van der Waals surface area contributed by atoms with Gasteiger partial charge in [-0.1, -0.05) is 78.5 Å². The summed E-state index contributed by atoms with van der Waals surface area (Å²) in [6, 6.07) is 18.8. The number of likely N-dealkylation sites (tertiary alicyclic amines) is 2. The summed E-state index contributed by atoms with van der Waals surface area (Å²) < 4.78 is 13.7. The number of benzene rings is 2. The number of ether oxygens (including phenoxy) is 2. The molecule has 2 unspecified atom stereocenters. The Bertz CT molecular complexity index is 1650. The number of aryl methyl sites for hydroxylation is 2. The lowest BCUT2D eigenvalue weighted by atomic mass is 9.76. The topological polar surface area (TPSA) is 201 Å². The van der Waals surface area contributed by atoms with Crippen molar-refractivity contribution in [1.29, 1.82) is 0 Å². The molecule has 16 heteroatoms. The molecule has 0 bridgehead atoms. The number of amides is 3. The van der Waals surface area contributed by atoms with E-state index in [0.29, 0.717) is 50.2 Å². The number of nitrogens with two attached hydrogens (primary N) is 1. The van der Waals surface area contributed by atoms with E-state index in [1.54, 1.807) is 26.5 Å². The average molecular weight is 704 g/mol. The smallest absolute Gasteiger partial charge is 0.410 e. The summed E-state index contributed by atoms with van der Waals surface area (Å²) in [5, 5.41) is 25.6. The second kappa shape index (κ2) is 16.7. The van der Waals surface area contributed by atoms with Gasteiger partial charge in [-0.15, -0.1) is 10.2 Å². The normalized spacial score (nSPS) is 19.9. The first kappa shape index (κ1) is 38.0. The van der Waals surface area contributed by atoms with Gasteiger partial charge < -0.3 is 30.1 Å². The highest BCUT2D eigenvalue weighted by molar-refractivity contribution is 5.87. The van der Waals surface area contributed by atoms with Gasteiger partial charge in [0.2, 0.25) is 5.91 Å². The third-order valence-corrected chi connectivity index (χ3v) is 8.98. The molecule has 0 saturated carbocycles. The Morgan fingerprint density at radius 1 is 0.725 bits per heavy atom. The summed E-state index contributed by atoms with van der Waals surface area (Å²) in [5.41, 5.74) is 6.03. The maximum atomic E-state index is 12.4. The Balaban J connectivity index is 0.000000224. The third kappa shape index (κ3) is 8.87. The van der Waals surface area contributed by atoms with E-state index in [9.17, 15) is 24.3 Å². The van der Waals surface area contributed by atoms with E-state index in [1.165, 1.54) is 19.2 Å². The van der Waals surface area contributed by atoms with Gasteiger partial charge in [-0.25, -0.2) is 9.59 Å². The van der Waals surface area contributed by atoms with Gasteiger partial charge in [-0.05, 0) is 36.8 Å². The summed E-state index contributed by atoms with van der Waals surface area (Å²) in [7, 11) is 3.40. The van der Waals surface area contributed by atoms with Crippen molar-refractivity contribution in [1.82, 2.24) is 39.8 Å². The maximum Gasteiger partial charge on any atom is 0.410 e. The Labute approximate surface area is 296 Å². The molecule has 16 nitrogen and oxygen atoms in total.